The molecule has 0 aromatic carbocycles. The molecule has 0 bridgehead atoms. The van der Waals surface area contributed by atoms with Crippen LogP contribution in [0.25, 0.3) is 0 Å². The lowest BCUT2D eigenvalue weighted by Crippen LogP contribution is -2.14. The van der Waals surface area contributed by atoms with E-state index in [0.717, 1.165) is 6.42 Å². The minimum absolute atomic E-state index is 0.0377. The number of nitrogens with zero attached hydrogens (tertiary/aromatic N) is 1. The molecular weight excluding hydrogens is 247 g/mol. The largest absolute Gasteiger partial charge is 0.478 e. The maximum atomic E-state index is 13.8. The van der Waals surface area contributed by atoms with E-state index in [9.17, 15) is 9.18 Å². The van der Waals surface area contributed by atoms with Gasteiger partial charge in [-0.15, -0.1) is 0 Å². The highest BCUT2D eigenvalue weighted by Crippen LogP contribution is 2.26. The van der Waals surface area contributed by atoms with E-state index < -0.39 is 11.8 Å². The maximum Gasteiger partial charge on any atom is 0.338 e. The van der Waals surface area contributed by atoms with Crippen LogP contribution in [0.1, 0.15) is 48.9 Å². The molecule has 0 unspecified atom stereocenters. The van der Waals surface area contributed by atoms with Gasteiger partial charge in [-0.05, 0) is 18.4 Å². The van der Waals surface area contributed by atoms with E-state index in [1.54, 1.807) is 0 Å². The molecule has 0 radical (unpaired) electrons. The molecule has 0 atom stereocenters. The summed E-state index contributed by atoms with van der Waals surface area (Å²) >= 11 is 0. The summed E-state index contributed by atoms with van der Waals surface area (Å²) in [7, 11) is 0. The van der Waals surface area contributed by atoms with Crippen molar-refractivity contribution < 1.29 is 14.3 Å². The van der Waals surface area contributed by atoms with Crippen LogP contribution in [0.3, 0.4) is 0 Å². The van der Waals surface area contributed by atoms with E-state index in [2.05, 4.69) is 10.3 Å². The number of carbonyl (C=O) groups is 1. The number of hydrogen-bond donors (Lipinski definition) is 2. The Morgan fingerprint density at radius 2 is 2.16 bits per heavy atom. The third kappa shape index (κ3) is 3.66. The van der Waals surface area contributed by atoms with Gasteiger partial charge < -0.3 is 10.4 Å². The Kier molecular flexibility index (Phi) is 4.71. The molecule has 0 aliphatic heterocycles. The van der Waals surface area contributed by atoms with Gasteiger partial charge in [0, 0.05) is 12.7 Å². The van der Waals surface area contributed by atoms with Gasteiger partial charge in [0.25, 0.3) is 0 Å². The van der Waals surface area contributed by atoms with Crippen molar-refractivity contribution in [3.8, 4) is 0 Å². The minimum Gasteiger partial charge on any atom is -0.478 e. The molecule has 1 aliphatic carbocycles. The van der Waals surface area contributed by atoms with E-state index in [4.69, 9.17) is 5.11 Å². The Morgan fingerprint density at radius 1 is 1.42 bits per heavy atom. The summed E-state index contributed by atoms with van der Waals surface area (Å²) in [4.78, 5) is 14.7. The van der Waals surface area contributed by atoms with Crippen molar-refractivity contribution in [3.05, 3.63) is 23.6 Å². The minimum atomic E-state index is -1.27. The highest BCUT2D eigenvalue weighted by Gasteiger charge is 2.16. The number of halogens is 1. The average molecular weight is 266 g/mol. The van der Waals surface area contributed by atoms with E-state index in [1.807, 2.05) is 0 Å². The Labute approximate surface area is 112 Å². The first kappa shape index (κ1) is 13.8. The lowest BCUT2D eigenvalue weighted by Gasteiger charge is -2.21. The first-order chi connectivity index (χ1) is 9.18. The lowest BCUT2D eigenvalue weighted by molar-refractivity contribution is 0.0692. The fourth-order valence-corrected chi connectivity index (χ4v) is 2.60. The number of rotatable bonds is 5. The number of carboxylic acids is 1. The summed E-state index contributed by atoms with van der Waals surface area (Å²) < 4.78 is 13.8. The molecule has 1 aliphatic rings. The lowest BCUT2D eigenvalue weighted by atomic mass is 9.87. The van der Waals surface area contributed by atoms with Gasteiger partial charge in [0.05, 0.1) is 0 Å². The molecule has 0 amide bonds. The van der Waals surface area contributed by atoms with Gasteiger partial charge >= 0.3 is 5.97 Å². The molecule has 1 aromatic rings. The zero-order valence-electron chi connectivity index (χ0n) is 10.9. The second-order valence-corrected chi connectivity index (χ2v) is 5.05. The number of pyridine rings is 1. The van der Waals surface area contributed by atoms with E-state index >= 15 is 0 Å². The van der Waals surface area contributed by atoms with Gasteiger partial charge in [0.1, 0.15) is 5.56 Å². The summed E-state index contributed by atoms with van der Waals surface area (Å²) in [6.07, 6.45) is 8.67. The van der Waals surface area contributed by atoms with Crippen LogP contribution in [0.15, 0.2) is 12.3 Å². The Balaban J connectivity index is 1.88. The van der Waals surface area contributed by atoms with Crippen LogP contribution in [-0.4, -0.2) is 22.6 Å². The second kappa shape index (κ2) is 6.50. The molecule has 1 aromatic heterocycles. The summed E-state index contributed by atoms with van der Waals surface area (Å²) in [5.74, 6) is -1.31. The summed E-state index contributed by atoms with van der Waals surface area (Å²) in [5.41, 5.74) is -0.338. The van der Waals surface area contributed by atoms with Crippen molar-refractivity contribution in [1.82, 2.24) is 4.98 Å². The molecular formula is C14H19FN2O2. The van der Waals surface area contributed by atoms with Crippen LogP contribution in [0.2, 0.25) is 0 Å². The molecule has 4 nitrogen and oxygen atoms in total. The molecule has 1 saturated carbocycles. The van der Waals surface area contributed by atoms with Gasteiger partial charge in [0.2, 0.25) is 0 Å². The van der Waals surface area contributed by atoms with Crippen molar-refractivity contribution >= 4 is 11.8 Å². The third-order valence-corrected chi connectivity index (χ3v) is 3.69. The predicted octanol–water partition coefficient (Wildman–Crippen LogP) is 3.30. The zero-order valence-corrected chi connectivity index (χ0v) is 10.9. The Hall–Kier alpha value is -1.65. The normalized spacial score (nSPS) is 16.3. The quantitative estimate of drug-likeness (QED) is 0.858. The van der Waals surface area contributed by atoms with Crippen LogP contribution in [-0.2, 0) is 0 Å². The van der Waals surface area contributed by atoms with Crippen LogP contribution in [0, 0.1) is 11.7 Å². The van der Waals surface area contributed by atoms with E-state index in [-0.39, 0.29) is 11.4 Å². The standard InChI is InChI=1S/C14H19FN2O2/c15-12-11(14(18)19)7-9-17-13(12)16-8-6-10-4-2-1-3-5-10/h7,9-10H,1-6,8H2,(H,16,17)(H,18,19). The number of hydrogen-bond acceptors (Lipinski definition) is 3. The second-order valence-electron chi connectivity index (χ2n) is 5.05. The first-order valence-corrected chi connectivity index (χ1v) is 6.80. The zero-order chi connectivity index (χ0) is 13.7. The monoisotopic (exact) mass is 266 g/mol. The van der Waals surface area contributed by atoms with Gasteiger partial charge in [-0.2, -0.15) is 0 Å². The fourth-order valence-electron chi connectivity index (χ4n) is 2.60. The molecule has 2 N–H and O–H groups in total. The van der Waals surface area contributed by atoms with Crippen molar-refractivity contribution in [2.24, 2.45) is 5.92 Å². The Morgan fingerprint density at radius 3 is 2.84 bits per heavy atom. The van der Waals surface area contributed by atoms with Gasteiger partial charge in [-0.3, -0.25) is 0 Å². The van der Waals surface area contributed by atoms with Gasteiger partial charge in [-0.1, -0.05) is 32.1 Å². The maximum absolute atomic E-state index is 13.8. The molecule has 0 saturated heterocycles. The van der Waals surface area contributed by atoms with Crippen molar-refractivity contribution in [3.63, 3.8) is 0 Å². The molecule has 1 fully saturated rings. The molecule has 104 valence electrons. The summed E-state index contributed by atoms with van der Waals surface area (Å²) in [6.45, 7) is 0.637. The van der Waals surface area contributed by atoms with Gasteiger partial charge in [0.15, 0.2) is 11.6 Å². The first-order valence-electron chi connectivity index (χ1n) is 6.80. The van der Waals surface area contributed by atoms with Crippen LogP contribution in [0.4, 0.5) is 10.2 Å². The third-order valence-electron chi connectivity index (χ3n) is 3.69. The number of anilines is 1. The van der Waals surface area contributed by atoms with Crippen LogP contribution in [0.5, 0.6) is 0 Å². The molecule has 19 heavy (non-hydrogen) atoms. The topological polar surface area (TPSA) is 62.2 Å². The van der Waals surface area contributed by atoms with Crippen molar-refractivity contribution in [2.75, 3.05) is 11.9 Å². The molecule has 1 heterocycles. The van der Waals surface area contributed by atoms with E-state index in [1.165, 1.54) is 44.4 Å². The Bertz CT molecular complexity index is 445. The smallest absolute Gasteiger partial charge is 0.338 e. The molecule has 5 heteroatoms. The van der Waals surface area contributed by atoms with Gasteiger partial charge in [-0.25, -0.2) is 14.2 Å². The number of aromatic carboxylic acids is 1. The SMILES string of the molecule is O=C(O)c1ccnc(NCCC2CCCCC2)c1F. The van der Waals surface area contributed by atoms with Crippen LogP contribution >= 0.6 is 0 Å². The molecule has 2 rings (SSSR count). The molecule has 0 spiro atoms. The van der Waals surface area contributed by atoms with Crippen molar-refractivity contribution in [2.45, 2.75) is 38.5 Å². The number of carboxylic acid groups (broad SMARTS) is 1. The summed E-state index contributed by atoms with van der Waals surface area (Å²) in [5, 5.41) is 11.7. The van der Waals surface area contributed by atoms with Crippen LogP contribution < -0.4 is 5.32 Å². The van der Waals surface area contributed by atoms with Crippen molar-refractivity contribution in [1.29, 1.82) is 0 Å². The number of nitrogens with one attached hydrogen (secondary N) is 1. The highest BCUT2D eigenvalue weighted by molar-refractivity contribution is 5.88. The number of aromatic nitrogens is 1. The predicted molar refractivity (Wildman–Crippen MR) is 70.8 cm³/mol. The fraction of sp³-hybridized carbons (Fsp3) is 0.571. The highest BCUT2D eigenvalue weighted by atomic mass is 19.1. The van der Waals surface area contributed by atoms with E-state index in [0.29, 0.717) is 12.5 Å². The summed E-state index contributed by atoms with van der Waals surface area (Å²) in [6, 6.07) is 1.17. The average Bonchev–Trinajstić information content (AvgIpc) is 2.41.